The van der Waals surface area contributed by atoms with Crippen LogP contribution in [0.2, 0.25) is 0 Å². The van der Waals surface area contributed by atoms with Crippen molar-refractivity contribution >= 4 is 0 Å². The molecule has 12 heavy (non-hydrogen) atoms. The van der Waals surface area contributed by atoms with Gasteiger partial charge in [0.15, 0.2) is 0 Å². The van der Waals surface area contributed by atoms with Crippen LogP contribution in [0.5, 0.6) is 0 Å². The van der Waals surface area contributed by atoms with Crippen molar-refractivity contribution in [2.45, 2.75) is 19.9 Å². The second-order valence-corrected chi connectivity index (χ2v) is 3.26. The van der Waals surface area contributed by atoms with E-state index in [4.69, 9.17) is 0 Å². The Kier molecular flexibility index (Phi) is 5.98. The summed E-state index contributed by atoms with van der Waals surface area (Å²) in [7, 11) is 4.02. The predicted molar refractivity (Wildman–Crippen MR) is 53.7 cm³/mol. The number of likely N-dealkylation sites (N-methyl/N-ethyl adjacent to an activating group) is 1. The summed E-state index contributed by atoms with van der Waals surface area (Å²) in [5, 5.41) is 2.17. The highest BCUT2D eigenvalue weighted by molar-refractivity contribution is 4.71. The number of hydrazine groups is 1. The van der Waals surface area contributed by atoms with Crippen molar-refractivity contribution in [2.75, 3.05) is 27.3 Å². The molecule has 0 aromatic carbocycles. The van der Waals surface area contributed by atoms with Crippen LogP contribution in [0, 0.1) is 0 Å². The average molecular weight is 171 g/mol. The van der Waals surface area contributed by atoms with E-state index in [-0.39, 0.29) is 0 Å². The summed E-state index contributed by atoms with van der Waals surface area (Å²) in [4.78, 5) is 2.20. The molecule has 0 spiro atoms. The van der Waals surface area contributed by atoms with Crippen molar-refractivity contribution in [1.82, 2.24) is 15.3 Å². The van der Waals surface area contributed by atoms with Gasteiger partial charge in [0.1, 0.15) is 0 Å². The van der Waals surface area contributed by atoms with Crippen molar-refractivity contribution in [3.8, 4) is 0 Å². The molecule has 0 unspecified atom stereocenters. The molecule has 0 aliphatic heterocycles. The first kappa shape index (κ1) is 11.6. The van der Waals surface area contributed by atoms with Gasteiger partial charge in [0, 0.05) is 12.6 Å². The van der Waals surface area contributed by atoms with Gasteiger partial charge in [-0.15, -0.1) is 6.58 Å². The van der Waals surface area contributed by atoms with Gasteiger partial charge in [0.05, 0.1) is 6.67 Å². The van der Waals surface area contributed by atoms with Crippen molar-refractivity contribution in [3.05, 3.63) is 12.7 Å². The van der Waals surface area contributed by atoms with E-state index < -0.39 is 0 Å². The lowest BCUT2D eigenvalue weighted by Crippen LogP contribution is -2.46. The van der Waals surface area contributed by atoms with Crippen LogP contribution in [0.15, 0.2) is 12.7 Å². The Balaban J connectivity index is 3.76. The fourth-order valence-corrected chi connectivity index (χ4v) is 1.03. The number of nitrogens with zero attached hydrogens (tertiary/aromatic N) is 2. The van der Waals surface area contributed by atoms with E-state index in [2.05, 4.69) is 42.8 Å². The number of rotatable bonds is 6. The molecule has 0 aliphatic carbocycles. The first-order valence-corrected chi connectivity index (χ1v) is 4.35. The molecule has 1 N–H and O–H groups in total. The predicted octanol–water partition coefficient (Wildman–Crippen LogP) is 0.906. The van der Waals surface area contributed by atoms with Crippen molar-refractivity contribution in [3.63, 3.8) is 0 Å². The molecule has 3 heteroatoms. The molecule has 0 aromatic rings. The quantitative estimate of drug-likeness (QED) is 0.364. The zero-order chi connectivity index (χ0) is 9.56. The molecule has 0 rings (SSSR count). The van der Waals surface area contributed by atoms with Crippen molar-refractivity contribution < 1.29 is 0 Å². The maximum Gasteiger partial charge on any atom is 0.0648 e. The lowest BCUT2D eigenvalue weighted by Gasteiger charge is -2.29. The third-order valence-corrected chi connectivity index (χ3v) is 1.75. The molecule has 0 saturated carbocycles. The minimum atomic E-state index is 0.516. The minimum Gasteiger partial charge on any atom is -0.289 e. The summed E-state index contributed by atoms with van der Waals surface area (Å²) in [6, 6.07) is 0.516. The Hall–Kier alpha value is -0.380. The minimum absolute atomic E-state index is 0.516. The van der Waals surface area contributed by atoms with E-state index in [1.54, 1.807) is 0 Å². The molecule has 0 fully saturated rings. The molecule has 0 saturated heterocycles. The Morgan fingerprint density at radius 1 is 1.50 bits per heavy atom. The normalized spacial score (nSPS) is 11.6. The van der Waals surface area contributed by atoms with E-state index in [0.29, 0.717) is 6.04 Å². The monoisotopic (exact) mass is 171 g/mol. The van der Waals surface area contributed by atoms with E-state index >= 15 is 0 Å². The summed E-state index contributed by atoms with van der Waals surface area (Å²) >= 11 is 0. The second-order valence-electron chi connectivity index (χ2n) is 3.26. The van der Waals surface area contributed by atoms with Gasteiger partial charge in [-0.3, -0.25) is 10.3 Å². The van der Waals surface area contributed by atoms with Crippen LogP contribution in [-0.4, -0.2) is 43.3 Å². The lowest BCUT2D eigenvalue weighted by molar-refractivity contribution is 0.0876. The smallest absolute Gasteiger partial charge is 0.0648 e. The van der Waals surface area contributed by atoms with Crippen LogP contribution in [0.1, 0.15) is 13.8 Å². The largest absolute Gasteiger partial charge is 0.289 e. The van der Waals surface area contributed by atoms with Gasteiger partial charge >= 0.3 is 0 Å². The fraction of sp³-hybridized carbons (Fsp3) is 0.778. The van der Waals surface area contributed by atoms with Crippen LogP contribution in [0.25, 0.3) is 0 Å². The van der Waals surface area contributed by atoms with Gasteiger partial charge in [-0.25, -0.2) is 5.01 Å². The SMILES string of the molecule is C=CCN(C)CN(NC)C(C)C. The highest BCUT2D eigenvalue weighted by Crippen LogP contribution is 1.94. The van der Waals surface area contributed by atoms with Crippen LogP contribution in [0.4, 0.5) is 0 Å². The first-order chi connectivity index (χ1) is 5.61. The van der Waals surface area contributed by atoms with Gasteiger partial charge in [-0.2, -0.15) is 0 Å². The van der Waals surface area contributed by atoms with Crippen molar-refractivity contribution in [1.29, 1.82) is 0 Å². The molecule has 72 valence electrons. The second kappa shape index (κ2) is 6.17. The van der Waals surface area contributed by atoms with Crippen LogP contribution in [0.3, 0.4) is 0 Å². The highest BCUT2D eigenvalue weighted by Gasteiger charge is 2.07. The zero-order valence-corrected chi connectivity index (χ0v) is 8.67. The molecular formula is C9H21N3. The molecule has 0 bridgehead atoms. The summed E-state index contributed by atoms with van der Waals surface area (Å²) < 4.78 is 0. The molecule has 0 atom stereocenters. The highest BCUT2D eigenvalue weighted by atomic mass is 15.5. The topological polar surface area (TPSA) is 18.5 Å². The van der Waals surface area contributed by atoms with Crippen molar-refractivity contribution in [2.24, 2.45) is 0 Å². The van der Waals surface area contributed by atoms with E-state index in [1.165, 1.54) is 0 Å². The molecule has 3 nitrogen and oxygen atoms in total. The van der Waals surface area contributed by atoms with E-state index in [1.807, 2.05) is 13.1 Å². The Morgan fingerprint density at radius 3 is 2.42 bits per heavy atom. The number of hydrogen-bond acceptors (Lipinski definition) is 3. The van der Waals surface area contributed by atoms with Gasteiger partial charge < -0.3 is 0 Å². The molecule has 0 aromatic heterocycles. The third-order valence-electron chi connectivity index (χ3n) is 1.75. The third kappa shape index (κ3) is 4.49. The van der Waals surface area contributed by atoms with Gasteiger partial charge in [-0.05, 0) is 27.9 Å². The summed E-state index contributed by atoms with van der Waals surface area (Å²) in [6.07, 6.45) is 1.91. The lowest BCUT2D eigenvalue weighted by atomic mass is 10.4. The molecule has 0 amide bonds. The summed E-state index contributed by atoms with van der Waals surface area (Å²) in [5.41, 5.74) is 3.15. The molecule has 0 radical (unpaired) electrons. The maximum absolute atomic E-state index is 3.70. The first-order valence-electron chi connectivity index (χ1n) is 4.35. The van der Waals surface area contributed by atoms with E-state index in [0.717, 1.165) is 13.2 Å². The van der Waals surface area contributed by atoms with Crippen LogP contribution in [-0.2, 0) is 0 Å². The Bertz CT molecular complexity index is 123. The Labute approximate surface area is 76.0 Å². The van der Waals surface area contributed by atoms with E-state index in [9.17, 15) is 0 Å². The maximum atomic E-state index is 3.70. The Morgan fingerprint density at radius 2 is 2.08 bits per heavy atom. The molecule has 0 aliphatic rings. The number of nitrogens with one attached hydrogen (secondary N) is 1. The molecule has 0 heterocycles. The van der Waals surface area contributed by atoms with Gasteiger partial charge in [0.25, 0.3) is 0 Å². The van der Waals surface area contributed by atoms with Gasteiger partial charge in [0.2, 0.25) is 0 Å². The fourth-order valence-electron chi connectivity index (χ4n) is 1.03. The average Bonchev–Trinajstić information content (AvgIpc) is 2.00. The van der Waals surface area contributed by atoms with Gasteiger partial charge in [-0.1, -0.05) is 6.08 Å². The van der Waals surface area contributed by atoms with Crippen LogP contribution >= 0.6 is 0 Å². The summed E-state index contributed by atoms with van der Waals surface area (Å²) in [5.74, 6) is 0. The zero-order valence-electron chi connectivity index (χ0n) is 8.67. The molecular weight excluding hydrogens is 150 g/mol. The summed E-state index contributed by atoms with van der Waals surface area (Å²) in [6.45, 7) is 9.87. The number of hydrogen-bond donors (Lipinski definition) is 1. The standard InChI is InChI=1S/C9H21N3/c1-6-7-11(5)8-12(10-4)9(2)3/h6,9-10H,1,7-8H2,2-5H3. The van der Waals surface area contributed by atoms with Crippen LogP contribution < -0.4 is 5.43 Å².